The normalized spacial score (nSPS) is 21.7. The second kappa shape index (κ2) is 6.59. The molecule has 1 amide bonds. The largest absolute Gasteiger partial charge is 0.376 e. The van der Waals surface area contributed by atoms with E-state index in [9.17, 15) is 9.18 Å². The standard InChI is InChI=1S/C19H22FN3O2/c20-15-6-4-14(5-7-15)19(8-2-9-19)18(24)22-16-11-21-23(12-16)13-17-3-1-10-25-17/h4-7,11-12,17H,1-3,8-10,13H2,(H,22,24)/t17-/m1/s1. The molecule has 1 aliphatic heterocycles. The predicted molar refractivity (Wildman–Crippen MR) is 91.8 cm³/mol. The Hall–Kier alpha value is -2.21. The number of carbonyl (C=O) groups excluding carboxylic acids is 1. The molecule has 0 spiro atoms. The van der Waals surface area contributed by atoms with E-state index in [1.807, 2.05) is 10.9 Å². The molecule has 1 saturated heterocycles. The predicted octanol–water partition coefficient (Wildman–Crippen LogP) is 3.26. The third-order valence-electron chi connectivity index (χ3n) is 5.34. The molecule has 2 aromatic rings. The highest BCUT2D eigenvalue weighted by atomic mass is 19.1. The lowest BCUT2D eigenvalue weighted by Gasteiger charge is -2.40. The Morgan fingerprint density at radius 3 is 2.76 bits per heavy atom. The number of nitrogens with zero attached hydrogens (tertiary/aromatic N) is 2. The maximum absolute atomic E-state index is 13.2. The van der Waals surface area contributed by atoms with Gasteiger partial charge < -0.3 is 10.1 Å². The quantitative estimate of drug-likeness (QED) is 0.906. The number of aromatic nitrogens is 2. The van der Waals surface area contributed by atoms with Crippen molar-refractivity contribution in [2.24, 2.45) is 0 Å². The van der Waals surface area contributed by atoms with E-state index in [1.54, 1.807) is 18.3 Å². The van der Waals surface area contributed by atoms with Crippen molar-refractivity contribution < 1.29 is 13.9 Å². The maximum Gasteiger partial charge on any atom is 0.235 e. The van der Waals surface area contributed by atoms with Crippen LogP contribution in [0.25, 0.3) is 0 Å². The fourth-order valence-corrected chi connectivity index (χ4v) is 3.72. The Kier molecular flexibility index (Phi) is 4.29. The summed E-state index contributed by atoms with van der Waals surface area (Å²) in [7, 11) is 0. The number of amides is 1. The summed E-state index contributed by atoms with van der Waals surface area (Å²) in [5, 5.41) is 7.30. The molecule has 2 fully saturated rings. The summed E-state index contributed by atoms with van der Waals surface area (Å²) in [5.41, 5.74) is 1.02. The molecular weight excluding hydrogens is 321 g/mol. The Bertz CT molecular complexity index is 746. The topological polar surface area (TPSA) is 56.2 Å². The minimum absolute atomic E-state index is 0.0398. The number of carbonyl (C=O) groups is 1. The number of ether oxygens (including phenoxy) is 1. The first-order valence-electron chi connectivity index (χ1n) is 8.87. The van der Waals surface area contributed by atoms with Gasteiger partial charge in [-0.3, -0.25) is 9.48 Å². The summed E-state index contributed by atoms with van der Waals surface area (Å²) in [5.74, 6) is -0.323. The van der Waals surface area contributed by atoms with Crippen LogP contribution < -0.4 is 5.32 Å². The third kappa shape index (κ3) is 3.18. The second-order valence-electron chi connectivity index (χ2n) is 6.98. The Balaban J connectivity index is 1.45. The lowest BCUT2D eigenvalue weighted by atomic mass is 9.64. The van der Waals surface area contributed by atoms with Crippen LogP contribution in [-0.2, 0) is 21.5 Å². The molecule has 0 radical (unpaired) electrons. The average Bonchev–Trinajstić information content (AvgIpc) is 3.21. The highest BCUT2D eigenvalue weighted by Gasteiger charge is 2.45. The van der Waals surface area contributed by atoms with Gasteiger partial charge in [-0.05, 0) is 43.4 Å². The van der Waals surface area contributed by atoms with Gasteiger partial charge in [0, 0.05) is 12.8 Å². The molecule has 0 bridgehead atoms. The molecule has 1 saturated carbocycles. The van der Waals surface area contributed by atoms with E-state index >= 15 is 0 Å². The Morgan fingerprint density at radius 1 is 1.32 bits per heavy atom. The zero-order chi connectivity index (χ0) is 17.3. The number of anilines is 1. The van der Waals surface area contributed by atoms with Crippen LogP contribution in [0.2, 0.25) is 0 Å². The van der Waals surface area contributed by atoms with E-state index in [-0.39, 0.29) is 17.8 Å². The van der Waals surface area contributed by atoms with Gasteiger partial charge in [-0.2, -0.15) is 5.10 Å². The molecule has 1 N–H and O–H groups in total. The summed E-state index contributed by atoms with van der Waals surface area (Å²) < 4.78 is 20.6. The molecule has 2 aliphatic rings. The van der Waals surface area contributed by atoms with Gasteiger partial charge in [0.1, 0.15) is 5.82 Å². The highest BCUT2D eigenvalue weighted by molar-refractivity contribution is 5.99. The van der Waals surface area contributed by atoms with Crippen molar-refractivity contribution in [1.29, 1.82) is 0 Å². The number of halogens is 1. The van der Waals surface area contributed by atoms with Crippen molar-refractivity contribution in [3.05, 3.63) is 48.0 Å². The lowest BCUT2D eigenvalue weighted by molar-refractivity contribution is -0.124. The van der Waals surface area contributed by atoms with Crippen molar-refractivity contribution >= 4 is 11.6 Å². The van der Waals surface area contributed by atoms with Gasteiger partial charge in [-0.1, -0.05) is 18.6 Å². The van der Waals surface area contributed by atoms with Crippen molar-refractivity contribution in [3.63, 3.8) is 0 Å². The summed E-state index contributed by atoms with van der Waals surface area (Å²) in [6.45, 7) is 1.52. The fraction of sp³-hybridized carbons (Fsp3) is 0.474. The van der Waals surface area contributed by atoms with Crippen LogP contribution in [0.15, 0.2) is 36.7 Å². The molecule has 1 aliphatic carbocycles. The lowest BCUT2D eigenvalue weighted by Crippen LogP contribution is -2.45. The van der Waals surface area contributed by atoms with Crippen molar-refractivity contribution in [3.8, 4) is 0 Å². The average molecular weight is 343 g/mol. The Morgan fingerprint density at radius 2 is 2.12 bits per heavy atom. The van der Waals surface area contributed by atoms with Crippen LogP contribution in [0.5, 0.6) is 0 Å². The summed E-state index contributed by atoms with van der Waals surface area (Å²) in [6, 6.07) is 6.27. The zero-order valence-electron chi connectivity index (χ0n) is 14.1. The molecule has 132 valence electrons. The van der Waals surface area contributed by atoms with Gasteiger partial charge in [-0.25, -0.2) is 4.39 Å². The summed E-state index contributed by atoms with van der Waals surface area (Å²) in [4.78, 5) is 12.9. The fourth-order valence-electron chi connectivity index (χ4n) is 3.72. The molecule has 1 atom stereocenters. The first-order chi connectivity index (χ1) is 12.2. The van der Waals surface area contributed by atoms with Gasteiger partial charge in [0.2, 0.25) is 5.91 Å². The molecule has 1 aromatic carbocycles. The third-order valence-corrected chi connectivity index (χ3v) is 5.34. The molecule has 1 aromatic heterocycles. The van der Waals surface area contributed by atoms with Crippen molar-refractivity contribution in [2.45, 2.75) is 50.2 Å². The smallest absolute Gasteiger partial charge is 0.235 e. The first kappa shape index (κ1) is 16.3. The van der Waals surface area contributed by atoms with Gasteiger partial charge >= 0.3 is 0 Å². The van der Waals surface area contributed by atoms with Crippen LogP contribution in [0.3, 0.4) is 0 Å². The molecule has 0 unspecified atom stereocenters. The van der Waals surface area contributed by atoms with E-state index < -0.39 is 5.41 Å². The van der Waals surface area contributed by atoms with Crippen LogP contribution >= 0.6 is 0 Å². The van der Waals surface area contributed by atoms with E-state index in [1.165, 1.54) is 12.1 Å². The molecule has 2 heterocycles. The highest BCUT2D eigenvalue weighted by Crippen LogP contribution is 2.44. The Labute approximate surface area is 146 Å². The van der Waals surface area contributed by atoms with Gasteiger partial charge in [0.05, 0.1) is 29.9 Å². The van der Waals surface area contributed by atoms with E-state index in [4.69, 9.17) is 4.74 Å². The molecule has 6 heteroatoms. The number of hydrogen-bond acceptors (Lipinski definition) is 3. The van der Waals surface area contributed by atoms with Crippen LogP contribution in [-0.4, -0.2) is 28.4 Å². The van der Waals surface area contributed by atoms with E-state index in [0.29, 0.717) is 12.2 Å². The maximum atomic E-state index is 13.2. The number of hydrogen-bond donors (Lipinski definition) is 1. The van der Waals surface area contributed by atoms with Crippen molar-refractivity contribution in [1.82, 2.24) is 9.78 Å². The second-order valence-corrected chi connectivity index (χ2v) is 6.98. The van der Waals surface area contributed by atoms with E-state index in [2.05, 4.69) is 10.4 Å². The molecule has 4 rings (SSSR count). The van der Waals surface area contributed by atoms with E-state index in [0.717, 1.165) is 44.3 Å². The number of nitrogens with one attached hydrogen (secondary N) is 1. The van der Waals surface area contributed by atoms with Gasteiger partial charge in [0.15, 0.2) is 0 Å². The van der Waals surface area contributed by atoms with Crippen LogP contribution in [0.1, 0.15) is 37.7 Å². The number of rotatable bonds is 5. The van der Waals surface area contributed by atoms with Gasteiger partial charge in [-0.15, -0.1) is 0 Å². The monoisotopic (exact) mass is 343 g/mol. The SMILES string of the molecule is O=C(Nc1cnn(C[C@H]2CCCO2)c1)C1(c2ccc(F)cc2)CCC1. The van der Waals surface area contributed by atoms with Crippen LogP contribution in [0, 0.1) is 5.82 Å². The molecule has 25 heavy (non-hydrogen) atoms. The molecule has 5 nitrogen and oxygen atoms in total. The molecular formula is C19H22FN3O2. The number of benzene rings is 1. The summed E-state index contributed by atoms with van der Waals surface area (Å²) in [6.07, 6.45) is 8.44. The van der Waals surface area contributed by atoms with Crippen LogP contribution in [0.4, 0.5) is 10.1 Å². The first-order valence-corrected chi connectivity index (χ1v) is 8.87. The summed E-state index contributed by atoms with van der Waals surface area (Å²) >= 11 is 0. The minimum atomic E-state index is -0.551. The minimum Gasteiger partial charge on any atom is -0.376 e. The van der Waals surface area contributed by atoms with Gasteiger partial charge in [0.25, 0.3) is 0 Å². The zero-order valence-corrected chi connectivity index (χ0v) is 14.1. The van der Waals surface area contributed by atoms with Crippen molar-refractivity contribution in [2.75, 3.05) is 11.9 Å².